The van der Waals surface area contributed by atoms with E-state index in [1.54, 1.807) is 16.7 Å². The Morgan fingerprint density at radius 1 is 0.541 bits per heavy atom. The second-order valence-corrected chi connectivity index (χ2v) is 18.4. The summed E-state index contributed by atoms with van der Waals surface area (Å²) in [6, 6.07) is 50.0. The number of aromatic nitrogens is 1. The molecule has 292 valence electrons. The fraction of sp³-hybridized carbons (Fsp3) is 0.138. The summed E-state index contributed by atoms with van der Waals surface area (Å²) in [7, 11) is 0. The molecule has 2 atom stereocenters. The quantitative estimate of drug-likeness (QED) is 0.168. The summed E-state index contributed by atoms with van der Waals surface area (Å²) in [5.41, 5.74) is 18.9. The van der Waals surface area contributed by atoms with Crippen molar-refractivity contribution in [3.8, 4) is 16.8 Å². The molecule has 0 spiro atoms. The van der Waals surface area contributed by atoms with Crippen LogP contribution in [-0.2, 0) is 6.42 Å². The number of hydrogen-bond acceptors (Lipinski definition) is 2. The van der Waals surface area contributed by atoms with E-state index in [0.717, 1.165) is 32.1 Å². The minimum Gasteiger partial charge on any atom is -0.311 e. The zero-order chi connectivity index (χ0) is 40.0. The molecule has 0 aliphatic heterocycles. The zero-order valence-electron chi connectivity index (χ0n) is 34.0. The highest BCUT2D eigenvalue weighted by Gasteiger charge is 2.37. The molecule has 2 nitrogen and oxygen atoms in total. The number of hydrogen-bond donors (Lipinski definition) is 0. The van der Waals surface area contributed by atoms with E-state index in [4.69, 9.17) is 0 Å². The molecule has 0 saturated carbocycles. The number of thiophene rings is 1. The van der Waals surface area contributed by atoms with Gasteiger partial charge >= 0.3 is 0 Å². The minimum absolute atomic E-state index is 0.328. The van der Waals surface area contributed by atoms with E-state index >= 15 is 0 Å². The van der Waals surface area contributed by atoms with Gasteiger partial charge in [-0.05, 0) is 138 Å². The largest absolute Gasteiger partial charge is 0.311 e. The van der Waals surface area contributed by atoms with Crippen LogP contribution in [0.5, 0.6) is 0 Å². The van der Waals surface area contributed by atoms with Gasteiger partial charge in [-0.15, -0.1) is 11.3 Å². The first-order chi connectivity index (χ1) is 30.2. The van der Waals surface area contributed by atoms with Gasteiger partial charge in [-0.2, -0.15) is 0 Å². The molecule has 3 heteroatoms. The number of aryl methyl sites for hydroxylation is 1. The summed E-state index contributed by atoms with van der Waals surface area (Å²) in [6.07, 6.45) is 26.4. The van der Waals surface area contributed by atoms with Crippen molar-refractivity contribution in [2.45, 2.75) is 38.5 Å². The smallest absolute Gasteiger partial charge is 0.0541 e. The molecule has 0 bridgehead atoms. The van der Waals surface area contributed by atoms with E-state index < -0.39 is 0 Å². The van der Waals surface area contributed by atoms with E-state index in [2.05, 4.69) is 192 Å². The maximum atomic E-state index is 2.59. The Morgan fingerprint density at radius 3 is 2.13 bits per heavy atom. The van der Waals surface area contributed by atoms with Gasteiger partial charge in [0.1, 0.15) is 0 Å². The highest BCUT2D eigenvalue weighted by molar-refractivity contribution is 7.25. The van der Waals surface area contributed by atoms with E-state index in [1.165, 1.54) is 99.0 Å². The van der Waals surface area contributed by atoms with Crippen molar-refractivity contribution in [3.63, 3.8) is 0 Å². The van der Waals surface area contributed by atoms with Gasteiger partial charge in [0, 0.05) is 71.1 Å². The molecule has 5 aliphatic carbocycles. The third-order valence-electron chi connectivity index (χ3n) is 14.0. The van der Waals surface area contributed by atoms with Crippen LogP contribution in [0, 0.1) is 11.8 Å². The van der Waals surface area contributed by atoms with Crippen LogP contribution in [0.1, 0.15) is 43.2 Å². The van der Waals surface area contributed by atoms with Gasteiger partial charge < -0.3 is 9.47 Å². The Morgan fingerprint density at radius 2 is 1.26 bits per heavy atom. The second-order valence-electron chi connectivity index (χ2n) is 17.3. The molecule has 0 fully saturated rings. The Bertz CT molecular complexity index is 3370. The number of para-hydroxylation sites is 1. The summed E-state index contributed by atoms with van der Waals surface area (Å²) in [4.78, 5) is 2.55. The van der Waals surface area contributed by atoms with E-state index in [1.807, 2.05) is 11.3 Å². The van der Waals surface area contributed by atoms with Crippen molar-refractivity contribution in [3.05, 3.63) is 221 Å². The number of allylic oxidation sites excluding steroid dienone is 12. The van der Waals surface area contributed by atoms with E-state index in [0.29, 0.717) is 11.8 Å². The van der Waals surface area contributed by atoms with Crippen LogP contribution >= 0.6 is 11.3 Å². The van der Waals surface area contributed by atoms with Crippen LogP contribution in [0.2, 0.25) is 0 Å². The predicted molar refractivity (Wildman–Crippen MR) is 259 cm³/mol. The lowest BCUT2D eigenvalue weighted by Crippen LogP contribution is -2.30. The van der Waals surface area contributed by atoms with Crippen molar-refractivity contribution in [1.82, 2.24) is 4.57 Å². The van der Waals surface area contributed by atoms with Crippen molar-refractivity contribution in [2.24, 2.45) is 11.8 Å². The SMILES string of the molecule is C1=CC2=C(CC1)C1=C(C=CCC1)C1C=C(N(C3=CCCc4ccccc43)c3ccc(-c4ccc5c(c4)c4ccccc4n5-c4ccc5sc6ccccc6c5c4)cc3)C=CC21. The predicted octanol–water partition coefficient (Wildman–Crippen LogP) is 15.6. The molecular formula is C58H44N2S. The molecule has 2 aromatic heterocycles. The summed E-state index contributed by atoms with van der Waals surface area (Å²) in [5.74, 6) is 0.711. The molecule has 61 heavy (non-hydrogen) atoms. The van der Waals surface area contributed by atoms with Gasteiger partial charge in [-0.1, -0.05) is 121 Å². The first kappa shape index (κ1) is 35.1. The molecule has 0 saturated heterocycles. The lowest BCUT2D eigenvalue weighted by atomic mass is 9.65. The molecule has 0 amide bonds. The topological polar surface area (TPSA) is 8.17 Å². The summed E-state index contributed by atoms with van der Waals surface area (Å²) >= 11 is 1.87. The standard InChI is InChI=1S/C58H44N2S/c1-2-14-43-38(12-1)13-11-22-54(43)59(41-29-31-48-46-17-4-3-15-44(46)45-16-5-6-18-47(45)51(48)35-41)40-27-24-37(25-28-40)39-26-32-56-52(34-39)49-19-7-9-21-55(49)60(56)42-30-33-58-53(36-42)50-20-8-10-23-57(50)61-58/h1-2,4,6-10,12,14,17-36,48,51H,3,5,11,13,15-16H2. The molecule has 2 heterocycles. The molecule has 5 aliphatic rings. The first-order valence-electron chi connectivity index (χ1n) is 22.1. The van der Waals surface area contributed by atoms with E-state index in [9.17, 15) is 0 Å². The van der Waals surface area contributed by atoms with Gasteiger partial charge in [0.2, 0.25) is 0 Å². The van der Waals surface area contributed by atoms with Gasteiger partial charge in [-0.3, -0.25) is 0 Å². The zero-order valence-corrected chi connectivity index (χ0v) is 34.8. The fourth-order valence-corrected chi connectivity index (χ4v) is 12.3. The Kier molecular flexibility index (Phi) is 8.02. The Labute approximate surface area is 360 Å². The maximum Gasteiger partial charge on any atom is 0.0541 e. The normalized spacial score (nSPS) is 19.3. The molecule has 13 rings (SSSR count). The lowest BCUT2D eigenvalue weighted by molar-refractivity contribution is 0.575. The lowest BCUT2D eigenvalue weighted by Gasteiger charge is -2.41. The molecule has 2 unspecified atom stereocenters. The van der Waals surface area contributed by atoms with Crippen LogP contribution in [-0.4, -0.2) is 4.57 Å². The van der Waals surface area contributed by atoms with Gasteiger partial charge in [-0.25, -0.2) is 0 Å². The third-order valence-corrected chi connectivity index (χ3v) is 15.2. The summed E-state index contributed by atoms with van der Waals surface area (Å²) in [5, 5.41) is 5.19. The summed E-state index contributed by atoms with van der Waals surface area (Å²) < 4.78 is 5.11. The molecule has 0 N–H and O–H groups in total. The van der Waals surface area contributed by atoms with Gasteiger partial charge in [0.25, 0.3) is 0 Å². The summed E-state index contributed by atoms with van der Waals surface area (Å²) in [6.45, 7) is 0. The van der Waals surface area contributed by atoms with Crippen LogP contribution in [0.4, 0.5) is 5.69 Å². The fourth-order valence-electron chi connectivity index (χ4n) is 11.2. The number of nitrogens with zero attached hydrogens (tertiary/aromatic N) is 2. The Balaban J connectivity index is 0.907. The third kappa shape index (κ3) is 5.53. The number of fused-ring (bicyclic) bond motifs is 11. The number of rotatable bonds is 5. The van der Waals surface area contributed by atoms with Crippen LogP contribution in [0.15, 0.2) is 210 Å². The Hall–Kier alpha value is -6.68. The van der Waals surface area contributed by atoms with Crippen LogP contribution in [0.3, 0.4) is 0 Å². The highest BCUT2D eigenvalue weighted by atomic mass is 32.1. The first-order valence-corrected chi connectivity index (χ1v) is 22.9. The van der Waals surface area contributed by atoms with Crippen molar-refractivity contribution in [2.75, 3.05) is 4.90 Å². The van der Waals surface area contributed by atoms with Crippen molar-refractivity contribution >= 4 is 64.7 Å². The average Bonchev–Trinajstić information content (AvgIpc) is 3.87. The number of anilines is 1. The minimum atomic E-state index is 0.328. The number of benzene rings is 6. The van der Waals surface area contributed by atoms with Crippen molar-refractivity contribution < 1.29 is 0 Å². The molecule has 8 aromatic rings. The average molecular weight is 801 g/mol. The second kappa shape index (κ2) is 13.9. The molecular weight excluding hydrogens is 757 g/mol. The maximum absolute atomic E-state index is 2.59. The monoisotopic (exact) mass is 800 g/mol. The van der Waals surface area contributed by atoms with Crippen LogP contribution < -0.4 is 4.90 Å². The van der Waals surface area contributed by atoms with Crippen molar-refractivity contribution in [1.29, 1.82) is 0 Å². The molecule has 6 aromatic carbocycles. The van der Waals surface area contributed by atoms with Crippen LogP contribution in [0.25, 0.3) is 64.5 Å². The highest BCUT2D eigenvalue weighted by Crippen LogP contribution is 2.50. The van der Waals surface area contributed by atoms with Gasteiger partial charge in [0.15, 0.2) is 0 Å². The van der Waals surface area contributed by atoms with E-state index in [-0.39, 0.29) is 0 Å². The van der Waals surface area contributed by atoms with Gasteiger partial charge in [0.05, 0.1) is 11.0 Å². The molecule has 0 radical (unpaired) electrons.